The summed E-state index contributed by atoms with van der Waals surface area (Å²) in [5.41, 5.74) is -0.617. The van der Waals surface area contributed by atoms with Crippen LogP contribution in [0.5, 0.6) is 17.2 Å². The zero-order valence-corrected chi connectivity index (χ0v) is 15.9. The zero-order chi connectivity index (χ0) is 19.6. The molecule has 2 fully saturated rings. The summed E-state index contributed by atoms with van der Waals surface area (Å²) in [6.45, 7) is 1.15. The Morgan fingerprint density at radius 1 is 1.19 bits per heavy atom. The number of hydrogen-bond acceptors (Lipinski definition) is 6. The van der Waals surface area contributed by atoms with Crippen molar-refractivity contribution in [1.29, 1.82) is 0 Å². The summed E-state index contributed by atoms with van der Waals surface area (Å²) < 4.78 is 15.9. The molecule has 2 heterocycles. The van der Waals surface area contributed by atoms with Gasteiger partial charge in [0.1, 0.15) is 5.75 Å². The summed E-state index contributed by atoms with van der Waals surface area (Å²) in [6.07, 6.45) is 0.945. The van der Waals surface area contributed by atoms with Crippen molar-refractivity contribution in [1.82, 2.24) is 10.2 Å². The maximum absolute atomic E-state index is 13.2. The number of rotatable bonds is 4. The fourth-order valence-corrected chi connectivity index (χ4v) is 3.98. The van der Waals surface area contributed by atoms with E-state index in [4.69, 9.17) is 14.2 Å². The van der Waals surface area contributed by atoms with E-state index in [1.54, 1.807) is 17.0 Å². The largest absolute Gasteiger partial charge is 0.496 e. The van der Waals surface area contributed by atoms with Crippen molar-refractivity contribution >= 4 is 11.8 Å². The van der Waals surface area contributed by atoms with Gasteiger partial charge in [-0.15, -0.1) is 0 Å². The molecule has 2 atom stereocenters. The van der Waals surface area contributed by atoms with E-state index in [1.165, 1.54) is 21.3 Å². The van der Waals surface area contributed by atoms with E-state index >= 15 is 0 Å². The fraction of sp³-hybridized carbons (Fsp3) is 0.579. The minimum absolute atomic E-state index is 0.177. The van der Waals surface area contributed by atoms with Crippen LogP contribution in [0.2, 0.25) is 0 Å². The number of likely N-dealkylation sites (tertiary alicyclic amines) is 1. The van der Waals surface area contributed by atoms with Gasteiger partial charge in [0.15, 0.2) is 11.5 Å². The molecule has 8 nitrogen and oxygen atoms in total. The number of benzene rings is 1. The molecule has 2 aliphatic rings. The molecule has 2 amide bonds. The molecule has 1 aromatic rings. The summed E-state index contributed by atoms with van der Waals surface area (Å²) in [5, 5.41) is 13.3. The maximum Gasteiger partial charge on any atom is 0.257 e. The van der Waals surface area contributed by atoms with E-state index in [9.17, 15) is 14.7 Å². The van der Waals surface area contributed by atoms with E-state index in [0.717, 1.165) is 6.42 Å². The van der Waals surface area contributed by atoms with Crippen LogP contribution < -0.4 is 19.5 Å². The molecule has 1 spiro atoms. The predicted molar refractivity (Wildman–Crippen MR) is 97.3 cm³/mol. The van der Waals surface area contributed by atoms with Gasteiger partial charge in [-0.25, -0.2) is 0 Å². The Labute approximate surface area is 158 Å². The highest BCUT2D eigenvalue weighted by Crippen LogP contribution is 2.39. The van der Waals surface area contributed by atoms with Crippen molar-refractivity contribution in [3.05, 3.63) is 17.7 Å². The van der Waals surface area contributed by atoms with Gasteiger partial charge >= 0.3 is 0 Å². The Balaban J connectivity index is 1.92. The topological polar surface area (TPSA) is 97.3 Å². The summed E-state index contributed by atoms with van der Waals surface area (Å²) in [4.78, 5) is 27.4. The van der Waals surface area contributed by atoms with Gasteiger partial charge in [-0.3, -0.25) is 9.59 Å². The molecular weight excluding hydrogens is 352 g/mol. The second-order valence-corrected chi connectivity index (χ2v) is 6.95. The standard InChI is InChI=1S/C19H26N2O6/c1-25-13-10-15(27-3)14(26-2)9-12(13)17(23)21-8-5-16(22)19(11-21)6-4-7-20-18(19)24/h9-10,16,22H,4-8,11H2,1-3H3,(H,20,24)/t16-,19-/m1/s1. The average Bonchev–Trinajstić information content (AvgIpc) is 2.70. The first-order valence-electron chi connectivity index (χ1n) is 9.02. The number of piperidine rings is 2. The first-order chi connectivity index (χ1) is 13.0. The van der Waals surface area contributed by atoms with Crippen molar-refractivity contribution in [3.8, 4) is 17.2 Å². The molecule has 0 aliphatic carbocycles. The summed E-state index contributed by atoms with van der Waals surface area (Å²) >= 11 is 0. The highest BCUT2D eigenvalue weighted by molar-refractivity contribution is 5.98. The molecule has 8 heteroatoms. The van der Waals surface area contributed by atoms with E-state index in [-0.39, 0.29) is 18.4 Å². The highest BCUT2D eigenvalue weighted by Gasteiger charge is 2.50. The molecule has 27 heavy (non-hydrogen) atoms. The van der Waals surface area contributed by atoms with Crippen LogP contribution in [0, 0.1) is 5.41 Å². The molecule has 2 N–H and O–H groups in total. The Morgan fingerprint density at radius 3 is 2.48 bits per heavy atom. The van der Waals surface area contributed by atoms with E-state index < -0.39 is 11.5 Å². The van der Waals surface area contributed by atoms with Gasteiger partial charge in [0.25, 0.3) is 5.91 Å². The lowest BCUT2D eigenvalue weighted by Gasteiger charge is -2.46. The van der Waals surface area contributed by atoms with Crippen LogP contribution in [0.4, 0.5) is 0 Å². The van der Waals surface area contributed by atoms with Gasteiger partial charge in [0.2, 0.25) is 5.91 Å². The highest BCUT2D eigenvalue weighted by atomic mass is 16.5. The second kappa shape index (κ2) is 7.64. The molecule has 1 aromatic carbocycles. The van der Waals surface area contributed by atoms with Gasteiger partial charge in [0.05, 0.1) is 38.4 Å². The third-order valence-corrected chi connectivity index (χ3v) is 5.54. The number of nitrogens with one attached hydrogen (secondary N) is 1. The van der Waals surface area contributed by atoms with Gasteiger partial charge in [-0.05, 0) is 19.3 Å². The average molecular weight is 378 g/mol. The number of carbonyl (C=O) groups is 2. The molecule has 0 radical (unpaired) electrons. The van der Waals surface area contributed by atoms with Crippen LogP contribution in [0.25, 0.3) is 0 Å². The van der Waals surface area contributed by atoms with Crippen LogP contribution in [-0.2, 0) is 4.79 Å². The molecular formula is C19H26N2O6. The molecule has 0 saturated carbocycles. The maximum atomic E-state index is 13.2. The third kappa shape index (κ3) is 3.29. The predicted octanol–water partition coefficient (Wildman–Crippen LogP) is 0.816. The number of aliphatic hydroxyl groups is 1. The number of carbonyl (C=O) groups excluding carboxylic acids is 2. The van der Waals surface area contributed by atoms with Crippen LogP contribution >= 0.6 is 0 Å². The lowest BCUT2D eigenvalue weighted by molar-refractivity contribution is -0.147. The molecule has 0 bridgehead atoms. The van der Waals surface area contributed by atoms with Crippen molar-refractivity contribution in [3.63, 3.8) is 0 Å². The van der Waals surface area contributed by atoms with Crippen LogP contribution in [0.15, 0.2) is 12.1 Å². The molecule has 0 aromatic heterocycles. The number of methoxy groups -OCH3 is 3. The van der Waals surface area contributed by atoms with Gasteiger partial charge in [-0.1, -0.05) is 0 Å². The van der Waals surface area contributed by atoms with Crippen LogP contribution in [0.3, 0.4) is 0 Å². The second-order valence-electron chi connectivity index (χ2n) is 6.95. The SMILES string of the molecule is COc1cc(OC)c(C(=O)N2CC[C@@H](O)[C@@]3(CCCNC3=O)C2)cc1OC. The Morgan fingerprint density at radius 2 is 1.85 bits per heavy atom. The van der Waals surface area contributed by atoms with Crippen molar-refractivity contribution < 1.29 is 28.9 Å². The van der Waals surface area contributed by atoms with E-state index in [0.29, 0.717) is 48.7 Å². The van der Waals surface area contributed by atoms with E-state index in [1.807, 2.05) is 0 Å². The molecule has 2 saturated heterocycles. The van der Waals surface area contributed by atoms with Crippen molar-refractivity contribution in [2.75, 3.05) is 41.0 Å². The summed E-state index contributed by atoms with van der Waals surface area (Å²) in [5.74, 6) is 0.799. The number of hydrogen-bond donors (Lipinski definition) is 2. The molecule has 3 rings (SSSR count). The number of nitrogens with zero attached hydrogens (tertiary/aromatic N) is 1. The smallest absolute Gasteiger partial charge is 0.257 e. The quantitative estimate of drug-likeness (QED) is 0.805. The first-order valence-corrected chi connectivity index (χ1v) is 9.02. The first kappa shape index (κ1) is 19.3. The van der Waals surface area contributed by atoms with Crippen LogP contribution in [0.1, 0.15) is 29.6 Å². The van der Waals surface area contributed by atoms with Gasteiger partial charge < -0.3 is 29.5 Å². The normalized spacial score (nSPS) is 25.1. The molecule has 0 unspecified atom stereocenters. The zero-order valence-electron chi connectivity index (χ0n) is 15.9. The minimum Gasteiger partial charge on any atom is -0.496 e. The monoisotopic (exact) mass is 378 g/mol. The number of amides is 2. The third-order valence-electron chi connectivity index (χ3n) is 5.54. The van der Waals surface area contributed by atoms with E-state index in [2.05, 4.69) is 5.32 Å². The van der Waals surface area contributed by atoms with Crippen LogP contribution in [-0.4, -0.2) is 68.9 Å². The Kier molecular flexibility index (Phi) is 5.46. The molecule has 2 aliphatic heterocycles. The lowest BCUT2D eigenvalue weighted by Crippen LogP contribution is -2.62. The number of aliphatic hydroxyl groups excluding tert-OH is 1. The lowest BCUT2D eigenvalue weighted by atomic mass is 9.71. The fourth-order valence-electron chi connectivity index (χ4n) is 3.98. The summed E-state index contributed by atoms with van der Waals surface area (Å²) in [7, 11) is 4.49. The molecule has 148 valence electrons. The summed E-state index contributed by atoms with van der Waals surface area (Å²) in [6, 6.07) is 3.19. The number of ether oxygens (including phenoxy) is 3. The Hall–Kier alpha value is -2.48. The van der Waals surface area contributed by atoms with Crippen molar-refractivity contribution in [2.45, 2.75) is 25.4 Å². The van der Waals surface area contributed by atoms with Gasteiger partial charge in [-0.2, -0.15) is 0 Å². The van der Waals surface area contributed by atoms with Crippen molar-refractivity contribution in [2.24, 2.45) is 5.41 Å². The van der Waals surface area contributed by atoms with Gasteiger partial charge in [0, 0.05) is 31.8 Å². The Bertz CT molecular complexity index is 737. The minimum atomic E-state index is -0.948.